The quantitative estimate of drug-likeness (QED) is 0.826. The van der Waals surface area contributed by atoms with Crippen molar-refractivity contribution < 1.29 is 14.3 Å². The van der Waals surface area contributed by atoms with Crippen LogP contribution >= 0.6 is 0 Å². The van der Waals surface area contributed by atoms with E-state index >= 15 is 0 Å². The third-order valence-corrected chi connectivity index (χ3v) is 5.84. The summed E-state index contributed by atoms with van der Waals surface area (Å²) in [5, 5.41) is 0. The van der Waals surface area contributed by atoms with Crippen molar-refractivity contribution in [3.63, 3.8) is 0 Å². The Hall–Kier alpha value is -1.66. The van der Waals surface area contributed by atoms with Crippen molar-refractivity contribution in [3.05, 3.63) is 24.0 Å². The van der Waals surface area contributed by atoms with Crippen LogP contribution in [0, 0.1) is 0 Å². The van der Waals surface area contributed by atoms with Crippen LogP contribution in [-0.4, -0.2) is 72.2 Å². The zero-order chi connectivity index (χ0) is 17.8. The molecule has 2 saturated heterocycles. The van der Waals surface area contributed by atoms with Crippen LogP contribution in [-0.2, 0) is 4.74 Å². The van der Waals surface area contributed by atoms with E-state index in [2.05, 4.69) is 9.88 Å². The van der Waals surface area contributed by atoms with E-state index in [4.69, 9.17) is 9.47 Å². The number of nitrogens with zero attached hydrogens (tertiary/aromatic N) is 3. The van der Waals surface area contributed by atoms with Crippen molar-refractivity contribution in [2.45, 2.75) is 50.7 Å². The molecule has 3 fully saturated rings. The molecule has 1 aromatic heterocycles. The Labute approximate surface area is 155 Å². The molecule has 26 heavy (non-hydrogen) atoms. The van der Waals surface area contributed by atoms with E-state index in [0.29, 0.717) is 11.3 Å². The lowest BCUT2D eigenvalue weighted by Gasteiger charge is -2.36. The highest BCUT2D eigenvalue weighted by Crippen LogP contribution is 2.26. The van der Waals surface area contributed by atoms with Crippen molar-refractivity contribution in [3.8, 4) is 5.75 Å². The van der Waals surface area contributed by atoms with E-state index in [1.165, 1.54) is 19.3 Å². The summed E-state index contributed by atoms with van der Waals surface area (Å²) in [5.41, 5.74) is 0.631. The van der Waals surface area contributed by atoms with Crippen molar-refractivity contribution in [1.29, 1.82) is 0 Å². The van der Waals surface area contributed by atoms with Crippen LogP contribution in [0.15, 0.2) is 18.5 Å². The van der Waals surface area contributed by atoms with Crippen LogP contribution in [0.25, 0.3) is 0 Å². The van der Waals surface area contributed by atoms with E-state index in [1.807, 2.05) is 11.0 Å². The van der Waals surface area contributed by atoms with Crippen LogP contribution < -0.4 is 4.74 Å². The van der Waals surface area contributed by atoms with Gasteiger partial charge in [0.2, 0.25) is 0 Å². The molecule has 1 saturated carbocycles. The summed E-state index contributed by atoms with van der Waals surface area (Å²) in [6.07, 6.45) is 10.4. The second-order valence-electron chi connectivity index (χ2n) is 7.61. The Morgan fingerprint density at radius 1 is 1.04 bits per heavy atom. The van der Waals surface area contributed by atoms with E-state index in [1.54, 1.807) is 12.4 Å². The summed E-state index contributed by atoms with van der Waals surface area (Å²) in [6.45, 7) is 5.21. The van der Waals surface area contributed by atoms with Crippen molar-refractivity contribution >= 4 is 5.91 Å². The summed E-state index contributed by atoms with van der Waals surface area (Å²) in [4.78, 5) is 21.7. The first-order valence-electron chi connectivity index (χ1n) is 10.0. The molecule has 4 rings (SSSR count). The van der Waals surface area contributed by atoms with Crippen LogP contribution in [0.5, 0.6) is 5.75 Å². The molecule has 0 atom stereocenters. The maximum absolute atomic E-state index is 12.9. The van der Waals surface area contributed by atoms with Crippen LogP contribution in [0.2, 0.25) is 0 Å². The third-order valence-electron chi connectivity index (χ3n) is 5.84. The molecule has 1 amide bonds. The molecule has 142 valence electrons. The van der Waals surface area contributed by atoms with Gasteiger partial charge in [0.15, 0.2) is 0 Å². The first kappa shape index (κ1) is 17.7. The predicted octanol–water partition coefficient (Wildman–Crippen LogP) is 2.34. The molecular formula is C20H29N3O3. The van der Waals surface area contributed by atoms with Gasteiger partial charge in [-0.2, -0.15) is 0 Å². The first-order chi connectivity index (χ1) is 12.8. The highest BCUT2D eigenvalue weighted by atomic mass is 16.5. The molecule has 6 nitrogen and oxygen atoms in total. The van der Waals surface area contributed by atoms with Gasteiger partial charge in [-0.3, -0.25) is 14.7 Å². The Bertz CT molecular complexity index is 614. The molecule has 0 bridgehead atoms. The molecular weight excluding hydrogens is 330 g/mol. The number of aromatic nitrogens is 1. The Kier molecular flexibility index (Phi) is 5.70. The molecule has 0 N–H and O–H groups in total. The van der Waals surface area contributed by atoms with Crippen LogP contribution in [0.3, 0.4) is 0 Å². The van der Waals surface area contributed by atoms with Gasteiger partial charge in [-0.25, -0.2) is 0 Å². The van der Waals surface area contributed by atoms with Gasteiger partial charge in [-0.1, -0.05) is 6.42 Å². The molecule has 3 aliphatic rings. The number of carbonyl (C=O) groups excluding carboxylic acids is 1. The average Bonchev–Trinajstić information content (AvgIpc) is 2.87. The summed E-state index contributed by atoms with van der Waals surface area (Å²) in [7, 11) is 0. The Morgan fingerprint density at radius 2 is 1.88 bits per heavy atom. The summed E-state index contributed by atoms with van der Waals surface area (Å²) >= 11 is 0. The summed E-state index contributed by atoms with van der Waals surface area (Å²) in [5.74, 6) is 0.763. The zero-order valence-corrected chi connectivity index (χ0v) is 15.4. The lowest BCUT2D eigenvalue weighted by molar-refractivity contribution is 0.0253. The van der Waals surface area contributed by atoms with Gasteiger partial charge in [0.1, 0.15) is 11.9 Å². The highest BCUT2D eigenvalue weighted by molar-refractivity contribution is 5.94. The van der Waals surface area contributed by atoms with E-state index in [9.17, 15) is 4.79 Å². The van der Waals surface area contributed by atoms with Gasteiger partial charge in [0.25, 0.3) is 5.91 Å². The number of rotatable bonds is 4. The van der Waals surface area contributed by atoms with Crippen molar-refractivity contribution in [2.75, 3.05) is 39.4 Å². The molecule has 2 aliphatic heterocycles. The van der Waals surface area contributed by atoms with Crippen molar-refractivity contribution in [2.24, 2.45) is 0 Å². The number of amides is 1. The van der Waals surface area contributed by atoms with Crippen molar-refractivity contribution in [1.82, 2.24) is 14.8 Å². The zero-order valence-electron chi connectivity index (χ0n) is 15.4. The van der Waals surface area contributed by atoms with Gasteiger partial charge < -0.3 is 14.4 Å². The molecule has 0 unspecified atom stereocenters. The highest BCUT2D eigenvalue weighted by Gasteiger charge is 2.28. The number of ether oxygens (including phenoxy) is 2. The largest absolute Gasteiger partial charge is 0.489 e. The second-order valence-corrected chi connectivity index (χ2v) is 7.61. The number of hydrogen-bond donors (Lipinski definition) is 0. The molecule has 3 heterocycles. The number of hydrogen-bond acceptors (Lipinski definition) is 5. The van der Waals surface area contributed by atoms with Gasteiger partial charge in [0, 0.05) is 51.3 Å². The van der Waals surface area contributed by atoms with E-state index in [-0.39, 0.29) is 12.0 Å². The van der Waals surface area contributed by atoms with Gasteiger partial charge >= 0.3 is 0 Å². The minimum absolute atomic E-state index is 0.0744. The molecule has 6 heteroatoms. The minimum atomic E-state index is 0.0744. The van der Waals surface area contributed by atoms with Crippen LogP contribution in [0.1, 0.15) is 48.9 Å². The SMILES string of the molecule is O=C(c1cncc(OC2CCOCC2)c1)N1CCCN(C2CCC2)CC1. The van der Waals surface area contributed by atoms with E-state index in [0.717, 1.165) is 64.7 Å². The molecule has 0 aromatic carbocycles. The lowest BCUT2D eigenvalue weighted by atomic mass is 9.91. The fourth-order valence-corrected chi connectivity index (χ4v) is 4.03. The smallest absolute Gasteiger partial charge is 0.255 e. The predicted molar refractivity (Wildman–Crippen MR) is 98.4 cm³/mol. The van der Waals surface area contributed by atoms with Gasteiger partial charge in [0.05, 0.1) is 25.0 Å². The monoisotopic (exact) mass is 359 g/mol. The lowest BCUT2D eigenvalue weighted by Crippen LogP contribution is -2.42. The molecule has 1 aliphatic carbocycles. The van der Waals surface area contributed by atoms with Gasteiger partial charge in [-0.05, 0) is 25.3 Å². The Morgan fingerprint density at radius 3 is 2.65 bits per heavy atom. The molecule has 0 radical (unpaired) electrons. The second kappa shape index (κ2) is 8.35. The number of pyridine rings is 1. The average molecular weight is 359 g/mol. The minimum Gasteiger partial charge on any atom is -0.489 e. The normalized spacial score (nSPS) is 23.3. The van der Waals surface area contributed by atoms with Crippen LogP contribution in [0.4, 0.5) is 0 Å². The number of carbonyl (C=O) groups is 1. The molecule has 0 spiro atoms. The fraction of sp³-hybridized carbons (Fsp3) is 0.700. The van der Waals surface area contributed by atoms with E-state index < -0.39 is 0 Å². The first-order valence-corrected chi connectivity index (χ1v) is 10.0. The third kappa shape index (κ3) is 4.18. The maximum atomic E-state index is 12.9. The Balaban J connectivity index is 1.36. The summed E-state index contributed by atoms with van der Waals surface area (Å²) in [6, 6.07) is 2.60. The molecule has 1 aromatic rings. The summed E-state index contributed by atoms with van der Waals surface area (Å²) < 4.78 is 11.4. The maximum Gasteiger partial charge on any atom is 0.255 e. The fourth-order valence-electron chi connectivity index (χ4n) is 4.03. The standard InChI is InChI=1S/C20H29N3O3/c24-20(23-8-2-7-22(9-10-23)17-3-1-4-17)16-13-19(15-21-14-16)26-18-5-11-25-12-6-18/h13-15,17-18H,1-12H2. The topological polar surface area (TPSA) is 54.9 Å². The van der Waals surface area contributed by atoms with Gasteiger partial charge in [-0.15, -0.1) is 0 Å².